The molecule has 1 aromatic heterocycles. The summed E-state index contributed by atoms with van der Waals surface area (Å²) in [6.07, 6.45) is -4.38. The summed E-state index contributed by atoms with van der Waals surface area (Å²) < 4.78 is 79.5. The number of imidazole rings is 1. The fraction of sp³-hybridized carbons (Fsp3) is 0.300. The van der Waals surface area contributed by atoms with Crippen molar-refractivity contribution in [1.29, 1.82) is 0 Å². The van der Waals surface area contributed by atoms with Gasteiger partial charge in [-0.05, 0) is 12.1 Å². The van der Waals surface area contributed by atoms with E-state index >= 15 is 0 Å². The number of hydrogen-bond donors (Lipinski definition) is 0. The van der Waals surface area contributed by atoms with E-state index < -0.39 is 19.3 Å². The average Bonchev–Trinajstić information content (AvgIpc) is 2.47. The lowest BCUT2D eigenvalue weighted by atomic mass is 10.3. The van der Waals surface area contributed by atoms with Crippen LogP contribution in [0.3, 0.4) is 0 Å². The maximum Gasteiger partial charge on any atom is 0.673 e. The molecule has 0 amide bonds. The van der Waals surface area contributed by atoms with Crippen LogP contribution >= 0.6 is 11.6 Å². The van der Waals surface area contributed by atoms with E-state index in [1.807, 2.05) is 0 Å². The number of fused-ring (bicyclic) bond motifs is 1. The Bertz CT molecular complexity index is 641. The van der Waals surface area contributed by atoms with Crippen molar-refractivity contribution in [3.63, 3.8) is 0 Å². The summed E-state index contributed by atoms with van der Waals surface area (Å²) in [6.45, 7) is 0. The average molecular weight is 336 g/mol. The molecule has 2 aromatic rings. The van der Waals surface area contributed by atoms with E-state index in [1.165, 1.54) is 20.2 Å². The van der Waals surface area contributed by atoms with Gasteiger partial charge in [-0.3, -0.25) is 0 Å². The standard InChI is InChI=1S/C10H9ClF3N2.BF4/c1-15-7-4-3-6(11)5-8(7)16(2)9(15)10(12,13)14;2-1(3,4)5/h3-5H,1-2H3;/q+1;-1. The highest BCUT2D eigenvalue weighted by atomic mass is 35.5. The Morgan fingerprint density at radius 3 is 2.05 bits per heavy atom. The molecular weight excluding hydrogens is 327 g/mol. The van der Waals surface area contributed by atoms with Crippen molar-refractivity contribution in [3.05, 3.63) is 29.0 Å². The first-order valence-corrected chi connectivity index (χ1v) is 5.78. The Balaban J connectivity index is 0.000000383. The fourth-order valence-corrected chi connectivity index (χ4v) is 2.05. The van der Waals surface area contributed by atoms with Gasteiger partial charge in [-0.1, -0.05) is 11.6 Å². The summed E-state index contributed by atoms with van der Waals surface area (Å²) in [5, 5.41) is 0.419. The molecule has 1 heterocycles. The Morgan fingerprint density at radius 1 is 1.14 bits per heavy atom. The molecule has 0 spiro atoms. The minimum atomic E-state index is -6.00. The lowest BCUT2D eigenvalue weighted by Crippen LogP contribution is -2.37. The third-order valence-electron chi connectivity index (χ3n) is 2.55. The molecule has 21 heavy (non-hydrogen) atoms. The predicted octanol–water partition coefficient (Wildman–Crippen LogP) is 3.98. The highest BCUT2D eigenvalue weighted by Gasteiger charge is 2.45. The largest absolute Gasteiger partial charge is 0.673 e. The minimum Gasteiger partial charge on any atom is -0.418 e. The van der Waals surface area contributed by atoms with Crippen molar-refractivity contribution in [1.82, 2.24) is 4.57 Å². The van der Waals surface area contributed by atoms with Gasteiger partial charge in [0.05, 0.1) is 14.1 Å². The Labute approximate surface area is 119 Å². The second-order valence-corrected chi connectivity index (χ2v) is 4.50. The lowest BCUT2D eigenvalue weighted by Gasteiger charge is -2.01. The van der Waals surface area contributed by atoms with Crippen LogP contribution < -0.4 is 4.57 Å². The van der Waals surface area contributed by atoms with E-state index in [1.54, 1.807) is 12.1 Å². The van der Waals surface area contributed by atoms with Gasteiger partial charge in [-0.25, -0.2) is 9.13 Å². The molecular formula is C10H9BClF7N2. The van der Waals surface area contributed by atoms with E-state index in [9.17, 15) is 30.4 Å². The number of hydrogen-bond acceptors (Lipinski definition) is 0. The highest BCUT2D eigenvalue weighted by Crippen LogP contribution is 2.29. The second-order valence-electron chi connectivity index (χ2n) is 4.07. The van der Waals surface area contributed by atoms with Crippen LogP contribution in [0.5, 0.6) is 0 Å². The van der Waals surface area contributed by atoms with Crippen molar-refractivity contribution < 1.29 is 35.0 Å². The Hall–Kier alpha value is -1.45. The third kappa shape index (κ3) is 4.52. The van der Waals surface area contributed by atoms with Crippen molar-refractivity contribution in [3.8, 4) is 0 Å². The van der Waals surface area contributed by atoms with Gasteiger partial charge < -0.3 is 17.3 Å². The first kappa shape index (κ1) is 17.6. The summed E-state index contributed by atoms with van der Waals surface area (Å²) in [4.78, 5) is 0. The van der Waals surface area contributed by atoms with Crippen LogP contribution in [0.25, 0.3) is 11.0 Å². The van der Waals surface area contributed by atoms with E-state index in [2.05, 4.69) is 0 Å². The first-order valence-electron chi connectivity index (χ1n) is 5.41. The topological polar surface area (TPSA) is 8.81 Å². The van der Waals surface area contributed by atoms with Gasteiger partial charge in [0.25, 0.3) is 0 Å². The summed E-state index contributed by atoms with van der Waals surface area (Å²) >= 11 is 5.76. The maximum atomic E-state index is 12.8. The number of benzene rings is 1. The van der Waals surface area contributed by atoms with Crippen molar-refractivity contribution in [2.45, 2.75) is 6.18 Å². The van der Waals surface area contributed by atoms with Gasteiger partial charge in [0, 0.05) is 11.1 Å². The van der Waals surface area contributed by atoms with Gasteiger partial charge in [0.1, 0.15) is 0 Å². The van der Waals surface area contributed by atoms with Crippen LogP contribution in [0.1, 0.15) is 5.82 Å². The quantitative estimate of drug-likeness (QED) is 0.391. The lowest BCUT2D eigenvalue weighted by molar-refractivity contribution is -0.667. The molecule has 2 nitrogen and oxygen atoms in total. The van der Waals surface area contributed by atoms with Gasteiger partial charge in [-0.15, -0.1) is 0 Å². The molecule has 2 rings (SSSR count). The third-order valence-corrected chi connectivity index (χ3v) is 2.78. The van der Waals surface area contributed by atoms with Gasteiger partial charge in [0.15, 0.2) is 11.0 Å². The van der Waals surface area contributed by atoms with E-state index in [0.717, 1.165) is 9.13 Å². The van der Waals surface area contributed by atoms with Crippen LogP contribution in [0.4, 0.5) is 30.4 Å². The SMILES string of the molecule is Cn1c(C(F)(F)F)[n+](C)c2ccc(Cl)cc21.F[B-](F)(F)F. The number of alkyl halides is 3. The summed E-state index contributed by atoms with van der Waals surface area (Å²) in [6, 6.07) is 4.67. The molecule has 0 N–H and O–H groups in total. The normalized spacial score (nSPS) is 12.3. The molecule has 0 fully saturated rings. The van der Waals surface area contributed by atoms with Gasteiger partial charge >= 0.3 is 19.3 Å². The highest BCUT2D eigenvalue weighted by molar-refractivity contribution is 6.50. The zero-order valence-corrected chi connectivity index (χ0v) is 11.5. The zero-order valence-electron chi connectivity index (χ0n) is 10.7. The predicted molar refractivity (Wildman–Crippen MR) is 64.3 cm³/mol. The Morgan fingerprint density at radius 2 is 1.62 bits per heavy atom. The molecule has 0 unspecified atom stereocenters. The molecule has 11 heteroatoms. The Kier molecular flexibility index (Phi) is 4.81. The smallest absolute Gasteiger partial charge is 0.418 e. The number of nitrogens with zero attached hydrogens (tertiary/aromatic N) is 2. The first-order chi connectivity index (χ1) is 9.32. The van der Waals surface area contributed by atoms with Gasteiger partial charge in [0.2, 0.25) is 0 Å². The van der Waals surface area contributed by atoms with E-state index in [-0.39, 0.29) is 0 Å². The molecule has 0 aliphatic carbocycles. The van der Waals surface area contributed by atoms with Crippen molar-refractivity contribution >= 4 is 29.9 Å². The molecule has 0 saturated carbocycles. The maximum absolute atomic E-state index is 12.8. The number of aromatic nitrogens is 2. The summed E-state index contributed by atoms with van der Waals surface area (Å²) in [5.41, 5.74) is 0.960. The molecule has 0 aliphatic heterocycles. The molecule has 0 radical (unpaired) electrons. The number of aryl methyl sites for hydroxylation is 2. The van der Waals surface area contributed by atoms with Gasteiger partial charge in [-0.2, -0.15) is 13.2 Å². The molecule has 0 bridgehead atoms. The molecule has 0 aliphatic rings. The van der Waals surface area contributed by atoms with E-state index in [4.69, 9.17) is 11.6 Å². The van der Waals surface area contributed by atoms with Crippen molar-refractivity contribution in [2.75, 3.05) is 0 Å². The monoisotopic (exact) mass is 336 g/mol. The molecule has 118 valence electrons. The van der Waals surface area contributed by atoms with Crippen LogP contribution in [0.15, 0.2) is 18.2 Å². The zero-order chi connectivity index (χ0) is 16.6. The van der Waals surface area contributed by atoms with Crippen molar-refractivity contribution in [2.24, 2.45) is 14.1 Å². The summed E-state index contributed by atoms with van der Waals surface area (Å²) in [7, 11) is -3.24. The van der Waals surface area contributed by atoms with Crippen LogP contribution in [-0.2, 0) is 20.3 Å². The fourth-order valence-electron chi connectivity index (χ4n) is 1.88. The van der Waals surface area contributed by atoms with E-state index in [0.29, 0.717) is 16.1 Å². The van der Waals surface area contributed by atoms with Crippen LogP contribution in [0, 0.1) is 0 Å². The summed E-state index contributed by atoms with van der Waals surface area (Å²) in [5.74, 6) is -0.704. The number of rotatable bonds is 0. The van der Waals surface area contributed by atoms with Crippen LogP contribution in [0.2, 0.25) is 5.02 Å². The van der Waals surface area contributed by atoms with Crippen LogP contribution in [-0.4, -0.2) is 11.8 Å². The molecule has 1 aromatic carbocycles. The minimum absolute atomic E-state index is 0.419. The molecule has 0 atom stereocenters. The number of halogens is 8. The second kappa shape index (κ2) is 5.74. The molecule has 0 saturated heterocycles.